The van der Waals surface area contributed by atoms with E-state index in [1.54, 1.807) is 30.9 Å². The van der Waals surface area contributed by atoms with Crippen molar-refractivity contribution < 1.29 is 23.8 Å². The molecule has 2 amide bonds. The molecule has 3 aromatic rings. The molecule has 2 fully saturated rings. The van der Waals surface area contributed by atoms with Crippen molar-refractivity contribution in [1.29, 1.82) is 0 Å². The fourth-order valence-electron chi connectivity index (χ4n) is 5.02. The maximum Gasteiger partial charge on any atom is 0.255 e. The Morgan fingerprint density at radius 1 is 1.30 bits per heavy atom. The van der Waals surface area contributed by atoms with Gasteiger partial charge in [-0.2, -0.15) is 0 Å². The summed E-state index contributed by atoms with van der Waals surface area (Å²) in [5.41, 5.74) is 2.81. The highest BCUT2D eigenvalue weighted by Gasteiger charge is 2.35. The molecule has 0 radical (unpaired) electrons. The molecular weight excluding hydrogens is 477 g/mol. The third-order valence-electron chi connectivity index (χ3n) is 7.25. The van der Waals surface area contributed by atoms with Crippen LogP contribution in [-0.2, 0) is 4.79 Å². The van der Waals surface area contributed by atoms with Crippen LogP contribution in [0, 0.1) is 25.6 Å². The molecule has 5 rings (SSSR count). The second kappa shape index (κ2) is 9.74. The summed E-state index contributed by atoms with van der Waals surface area (Å²) in [6, 6.07) is 3.07. The first kappa shape index (κ1) is 25.1. The van der Waals surface area contributed by atoms with Gasteiger partial charge in [-0.05, 0) is 64.5 Å². The molecule has 196 valence electrons. The van der Waals surface area contributed by atoms with Crippen molar-refractivity contribution in [2.24, 2.45) is 5.92 Å². The van der Waals surface area contributed by atoms with E-state index in [1.807, 2.05) is 6.92 Å². The lowest BCUT2D eigenvalue weighted by molar-refractivity contribution is -0.139. The van der Waals surface area contributed by atoms with Gasteiger partial charge in [-0.15, -0.1) is 0 Å². The number of likely N-dealkylation sites (tertiary alicyclic amines) is 1. The van der Waals surface area contributed by atoms with E-state index in [9.17, 15) is 14.7 Å². The van der Waals surface area contributed by atoms with E-state index >= 15 is 4.39 Å². The number of fused-ring (bicyclic) bond motifs is 1. The molecule has 1 aliphatic carbocycles. The number of H-pyrrole nitrogens is 1. The van der Waals surface area contributed by atoms with Crippen LogP contribution in [0.5, 0.6) is 5.75 Å². The number of nitrogens with one attached hydrogen (secondary N) is 2. The fourth-order valence-corrected chi connectivity index (χ4v) is 5.02. The summed E-state index contributed by atoms with van der Waals surface area (Å²) >= 11 is 0. The van der Waals surface area contributed by atoms with Crippen LogP contribution in [-0.4, -0.2) is 68.1 Å². The lowest BCUT2D eigenvalue weighted by atomic mass is 10.0. The summed E-state index contributed by atoms with van der Waals surface area (Å²) in [5.74, 6) is -0.210. The minimum atomic E-state index is -1.09. The fraction of sp³-hybridized carbons (Fsp3) is 0.481. The minimum absolute atomic E-state index is 0.108. The molecule has 10 heteroatoms. The van der Waals surface area contributed by atoms with Gasteiger partial charge in [0, 0.05) is 24.3 Å². The van der Waals surface area contributed by atoms with Gasteiger partial charge in [0.05, 0.1) is 23.3 Å². The second-order valence-corrected chi connectivity index (χ2v) is 10.3. The predicted molar refractivity (Wildman–Crippen MR) is 136 cm³/mol. The number of benzene rings is 1. The molecule has 1 aliphatic heterocycles. The standard InChI is InChI=1S/C27H32FN5O4/c1-13-5-8-19(37-11-17-6-7-17)21(22(13)28)24-25-23(29-12-30-24)20(15(3)31-25)26(35)32-18-9-14(2)33(10-18)27(36)16(4)34/h5,8,12,14,16-18,31,34H,6-7,9-11H2,1-4H3,(H,32,35)/t14-,16+,18-/m1/s1. The first-order valence-electron chi connectivity index (χ1n) is 12.7. The molecule has 1 aromatic carbocycles. The van der Waals surface area contributed by atoms with Gasteiger partial charge in [0.25, 0.3) is 11.8 Å². The number of amides is 2. The number of aryl methyl sites for hydroxylation is 2. The summed E-state index contributed by atoms with van der Waals surface area (Å²) in [4.78, 5) is 39.2. The number of rotatable bonds is 7. The number of aliphatic hydroxyl groups is 1. The van der Waals surface area contributed by atoms with E-state index < -0.39 is 11.9 Å². The molecule has 0 unspecified atom stereocenters. The van der Waals surface area contributed by atoms with Crippen LogP contribution in [0.1, 0.15) is 54.7 Å². The molecule has 2 aliphatic rings. The lowest BCUT2D eigenvalue weighted by Gasteiger charge is -2.22. The number of nitrogens with zero attached hydrogens (tertiary/aromatic N) is 3. The highest BCUT2D eigenvalue weighted by Crippen LogP contribution is 2.39. The average molecular weight is 510 g/mol. The molecule has 2 aromatic heterocycles. The summed E-state index contributed by atoms with van der Waals surface area (Å²) in [6.45, 7) is 7.62. The third kappa shape index (κ3) is 4.77. The Bertz CT molecular complexity index is 1370. The molecule has 0 spiro atoms. The average Bonchev–Trinajstić information content (AvgIpc) is 3.52. The Kier molecular flexibility index (Phi) is 6.61. The number of hydrogen-bond donors (Lipinski definition) is 3. The van der Waals surface area contributed by atoms with Gasteiger partial charge < -0.3 is 25.0 Å². The second-order valence-electron chi connectivity index (χ2n) is 10.3. The van der Waals surface area contributed by atoms with Gasteiger partial charge in [0.2, 0.25) is 0 Å². The number of aromatic amines is 1. The van der Waals surface area contributed by atoms with E-state index in [0.29, 0.717) is 64.8 Å². The van der Waals surface area contributed by atoms with Crippen LogP contribution in [0.25, 0.3) is 22.3 Å². The Hall–Kier alpha value is -3.53. The molecule has 3 heterocycles. The lowest BCUT2D eigenvalue weighted by Crippen LogP contribution is -2.42. The number of aromatic nitrogens is 3. The molecule has 37 heavy (non-hydrogen) atoms. The van der Waals surface area contributed by atoms with Crippen molar-refractivity contribution in [3.8, 4) is 17.0 Å². The number of halogens is 1. The smallest absolute Gasteiger partial charge is 0.255 e. The first-order chi connectivity index (χ1) is 17.7. The Morgan fingerprint density at radius 3 is 2.76 bits per heavy atom. The van der Waals surface area contributed by atoms with E-state index in [2.05, 4.69) is 20.3 Å². The van der Waals surface area contributed by atoms with Crippen molar-refractivity contribution in [3.63, 3.8) is 0 Å². The zero-order chi connectivity index (χ0) is 26.4. The highest BCUT2D eigenvalue weighted by atomic mass is 19.1. The largest absolute Gasteiger partial charge is 0.492 e. The number of carbonyl (C=O) groups excluding carboxylic acids is 2. The molecule has 3 N–H and O–H groups in total. The van der Waals surface area contributed by atoms with Crippen LogP contribution in [0.15, 0.2) is 18.5 Å². The number of ether oxygens (including phenoxy) is 1. The summed E-state index contributed by atoms with van der Waals surface area (Å²) < 4.78 is 21.5. The van der Waals surface area contributed by atoms with Crippen molar-refractivity contribution in [3.05, 3.63) is 41.1 Å². The monoisotopic (exact) mass is 509 g/mol. The van der Waals surface area contributed by atoms with E-state index in [0.717, 1.165) is 12.8 Å². The number of hydrogen-bond acceptors (Lipinski definition) is 6. The van der Waals surface area contributed by atoms with Crippen molar-refractivity contribution in [1.82, 2.24) is 25.2 Å². The van der Waals surface area contributed by atoms with Crippen LogP contribution in [0.3, 0.4) is 0 Å². The number of aliphatic hydroxyl groups excluding tert-OH is 1. The van der Waals surface area contributed by atoms with E-state index in [1.165, 1.54) is 13.3 Å². The normalized spacial score (nSPS) is 20.3. The minimum Gasteiger partial charge on any atom is -0.492 e. The third-order valence-corrected chi connectivity index (χ3v) is 7.25. The van der Waals surface area contributed by atoms with Crippen molar-refractivity contribution >= 4 is 22.8 Å². The summed E-state index contributed by atoms with van der Waals surface area (Å²) in [5, 5.41) is 12.7. The van der Waals surface area contributed by atoms with Crippen LogP contribution < -0.4 is 10.1 Å². The molecule has 9 nitrogen and oxygen atoms in total. The van der Waals surface area contributed by atoms with Crippen LogP contribution in [0.2, 0.25) is 0 Å². The molecule has 3 atom stereocenters. The number of carbonyl (C=O) groups is 2. The summed E-state index contributed by atoms with van der Waals surface area (Å²) in [7, 11) is 0. The van der Waals surface area contributed by atoms with Crippen LogP contribution >= 0.6 is 0 Å². The Balaban J connectivity index is 1.47. The molecular formula is C27H32FN5O4. The van der Waals surface area contributed by atoms with Gasteiger partial charge in [-0.1, -0.05) is 6.07 Å². The van der Waals surface area contributed by atoms with Gasteiger partial charge >= 0.3 is 0 Å². The maximum atomic E-state index is 15.5. The SMILES string of the molecule is Cc1ccc(OCC2CC2)c(-c2ncnc3c(C(=O)N[C@@H]4C[C@@H](C)N(C(=O)[C@H](C)O)C4)c(C)[nH]c23)c1F. The van der Waals surface area contributed by atoms with Crippen molar-refractivity contribution in [2.45, 2.75) is 65.1 Å². The zero-order valence-electron chi connectivity index (χ0n) is 21.5. The highest BCUT2D eigenvalue weighted by molar-refractivity contribution is 6.09. The quantitative estimate of drug-likeness (QED) is 0.450. The molecule has 1 saturated heterocycles. The van der Waals surface area contributed by atoms with E-state index in [-0.39, 0.29) is 29.5 Å². The predicted octanol–water partition coefficient (Wildman–Crippen LogP) is 3.27. The van der Waals surface area contributed by atoms with Crippen LogP contribution in [0.4, 0.5) is 4.39 Å². The summed E-state index contributed by atoms with van der Waals surface area (Å²) in [6.07, 6.45) is 3.03. The van der Waals surface area contributed by atoms with Crippen molar-refractivity contribution in [2.75, 3.05) is 13.2 Å². The van der Waals surface area contributed by atoms with Gasteiger partial charge in [0.1, 0.15) is 35.2 Å². The first-order valence-corrected chi connectivity index (χ1v) is 12.7. The Labute approximate surface area is 214 Å². The van der Waals surface area contributed by atoms with Gasteiger partial charge in [-0.3, -0.25) is 9.59 Å². The topological polar surface area (TPSA) is 120 Å². The zero-order valence-corrected chi connectivity index (χ0v) is 21.5. The molecule has 1 saturated carbocycles. The van der Waals surface area contributed by atoms with Gasteiger partial charge in [-0.25, -0.2) is 14.4 Å². The molecule has 0 bridgehead atoms. The maximum absolute atomic E-state index is 15.5. The Morgan fingerprint density at radius 2 is 2.05 bits per heavy atom. The van der Waals surface area contributed by atoms with Gasteiger partial charge in [0.15, 0.2) is 0 Å². The van der Waals surface area contributed by atoms with E-state index in [4.69, 9.17) is 4.74 Å².